The van der Waals surface area contributed by atoms with Crippen LogP contribution in [0.4, 0.5) is 19.0 Å². The lowest BCUT2D eigenvalue weighted by Gasteiger charge is -2.23. The zero-order valence-corrected chi connectivity index (χ0v) is 10.7. The molecular weight excluding hydrogens is 255 g/mol. The molecule has 104 valence electrons. The highest BCUT2D eigenvalue weighted by molar-refractivity contribution is 5.49. The summed E-state index contributed by atoms with van der Waals surface area (Å²) in [6.45, 7) is 3.29. The predicted molar refractivity (Wildman–Crippen MR) is 65.9 cm³/mol. The minimum Gasteiger partial charge on any atom is -0.355 e. The largest absolute Gasteiger partial charge is 0.419 e. The molecule has 2 atom stereocenters. The van der Waals surface area contributed by atoms with Gasteiger partial charge in [0.2, 0.25) is 0 Å². The molecule has 0 spiro atoms. The average molecular weight is 271 g/mol. The van der Waals surface area contributed by atoms with Gasteiger partial charge in [-0.2, -0.15) is 13.2 Å². The Labute approximate surface area is 110 Å². The van der Waals surface area contributed by atoms with Crippen molar-refractivity contribution in [1.29, 1.82) is 0 Å². The molecule has 2 saturated heterocycles. The van der Waals surface area contributed by atoms with E-state index in [1.165, 1.54) is 12.3 Å². The highest BCUT2D eigenvalue weighted by Gasteiger charge is 2.42. The summed E-state index contributed by atoms with van der Waals surface area (Å²) in [7, 11) is 2.06. The van der Waals surface area contributed by atoms with Crippen LogP contribution in [0.3, 0.4) is 0 Å². The molecule has 6 heteroatoms. The topological polar surface area (TPSA) is 19.4 Å². The first-order valence-corrected chi connectivity index (χ1v) is 6.41. The fourth-order valence-electron chi connectivity index (χ4n) is 3.27. The number of hydrogen-bond donors (Lipinski definition) is 0. The van der Waals surface area contributed by atoms with Crippen molar-refractivity contribution in [3.8, 4) is 0 Å². The second-order valence-corrected chi connectivity index (χ2v) is 5.52. The minimum absolute atomic E-state index is 0.0899. The van der Waals surface area contributed by atoms with Gasteiger partial charge in [-0.25, -0.2) is 4.98 Å². The van der Waals surface area contributed by atoms with Gasteiger partial charge in [-0.1, -0.05) is 0 Å². The van der Waals surface area contributed by atoms with Crippen LogP contribution in [0.25, 0.3) is 0 Å². The van der Waals surface area contributed by atoms with E-state index < -0.39 is 11.7 Å². The van der Waals surface area contributed by atoms with Crippen LogP contribution in [-0.4, -0.2) is 43.1 Å². The van der Waals surface area contributed by atoms with Crippen LogP contribution >= 0.6 is 0 Å². The van der Waals surface area contributed by atoms with Crippen LogP contribution in [0.15, 0.2) is 18.3 Å². The molecule has 2 fully saturated rings. The first kappa shape index (κ1) is 12.7. The van der Waals surface area contributed by atoms with Gasteiger partial charge in [-0.15, -0.1) is 0 Å². The van der Waals surface area contributed by atoms with Crippen molar-refractivity contribution in [3.63, 3.8) is 0 Å². The molecule has 2 unspecified atom stereocenters. The van der Waals surface area contributed by atoms with Crippen molar-refractivity contribution in [2.75, 3.05) is 38.1 Å². The van der Waals surface area contributed by atoms with Crippen molar-refractivity contribution in [2.45, 2.75) is 6.18 Å². The minimum atomic E-state index is -4.34. The number of anilines is 1. The van der Waals surface area contributed by atoms with Crippen molar-refractivity contribution in [1.82, 2.24) is 9.88 Å². The normalized spacial score (nSPS) is 27.9. The summed E-state index contributed by atoms with van der Waals surface area (Å²) in [5.74, 6) is 1.02. The van der Waals surface area contributed by atoms with Crippen LogP contribution in [0.2, 0.25) is 0 Å². The fourth-order valence-corrected chi connectivity index (χ4v) is 3.27. The zero-order chi connectivity index (χ0) is 13.6. The molecule has 0 N–H and O–H groups in total. The molecule has 19 heavy (non-hydrogen) atoms. The Morgan fingerprint density at radius 1 is 1.16 bits per heavy atom. The van der Waals surface area contributed by atoms with E-state index in [0.717, 1.165) is 19.2 Å². The summed E-state index contributed by atoms with van der Waals surface area (Å²) in [6.07, 6.45) is -2.90. The monoisotopic (exact) mass is 271 g/mol. The van der Waals surface area contributed by atoms with E-state index in [2.05, 4.69) is 16.9 Å². The van der Waals surface area contributed by atoms with Crippen LogP contribution in [0.5, 0.6) is 0 Å². The Bertz CT molecular complexity index is 460. The van der Waals surface area contributed by atoms with E-state index >= 15 is 0 Å². The maximum Gasteiger partial charge on any atom is 0.419 e. The van der Waals surface area contributed by atoms with Gasteiger partial charge in [0.1, 0.15) is 5.82 Å². The Hall–Kier alpha value is -1.30. The Morgan fingerprint density at radius 2 is 1.79 bits per heavy atom. The zero-order valence-electron chi connectivity index (χ0n) is 10.7. The quantitative estimate of drug-likeness (QED) is 0.779. The van der Waals surface area contributed by atoms with E-state index in [9.17, 15) is 13.2 Å². The molecule has 3 rings (SSSR count). The number of alkyl halides is 3. The SMILES string of the molecule is CN1CC2CN(c3ncccc3C(F)(F)F)CC2C1. The lowest BCUT2D eigenvalue weighted by molar-refractivity contribution is -0.137. The Kier molecular flexibility index (Phi) is 2.92. The standard InChI is InChI=1S/C13H16F3N3/c1-18-5-9-7-19(8-10(9)6-18)12-11(13(14,15)16)3-2-4-17-12/h2-4,9-10H,5-8H2,1H3. The van der Waals surface area contributed by atoms with Gasteiger partial charge in [0.25, 0.3) is 0 Å². The Morgan fingerprint density at radius 3 is 2.37 bits per heavy atom. The van der Waals surface area contributed by atoms with Crippen molar-refractivity contribution >= 4 is 5.82 Å². The summed E-state index contributed by atoms with van der Waals surface area (Å²) >= 11 is 0. The van der Waals surface area contributed by atoms with E-state index in [1.807, 2.05) is 0 Å². The molecule has 3 nitrogen and oxygen atoms in total. The summed E-state index contributed by atoms with van der Waals surface area (Å²) in [5.41, 5.74) is -0.622. The molecule has 0 bridgehead atoms. The van der Waals surface area contributed by atoms with E-state index in [4.69, 9.17) is 0 Å². The average Bonchev–Trinajstić information content (AvgIpc) is 2.85. The third-order valence-corrected chi connectivity index (χ3v) is 4.06. The number of rotatable bonds is 1. The third-order valence-electron chi connectivity index (χ3n) is 4.06. The molecule has 1 aromatic rings. The lowest BCUT2D eigenvalue weighted by atomic mass is 10.0. The molecular formula is C13H16F3N3. The van der Waals surface area contributed by atoms with Crippen LogP contribution in [0.1, 0.15) is 5.56 Å². The fraction of sp³-hybridized carbons (Fsp3) is 0.615. The highest BCUT2D eigenvalue weighted by atomic mass is 19.4. The maximum atomic E-state index is 13.0. The highest BCUT2D eigenvalue weighted by Crippen LogP contribution is 2.39. The summed E-state index contributed by atoms with van der Waals surface area (Å²) in [5, 5.41) is 0. The number of fused-ring (bicyclic) bond motifs is 1. The molecule has 0 amide bonds. The van der Waals surface area contributed by atoms with Gasteiger partial charge in [-0.3, -0.25) is 0 Å². The lowest BCUT2D eigenvalue weighted by Crippen LogP contribution is -2.29. The second kappa shape index (κ2) is 4.37. The molecule has 0 aromatic carbocycles. The van der Waals surface area contributed by atoms with Crippen molar-refractivity contribution in [3.05, 3.63) is 23.9 Å². The van der Waals surface area contributed by atoms with Crippen LogP contribution in [-0.2, 0) is 6.18 Å². The molecule has 2 aliphatic heterocycles. The number of nitrogens with zero attached hydrogens (tertiary/aromatic N) is 3. The number of likely N-dealkylation sites (tertiary alicyclic amines) is 1. The summed E-state index contributed by atoms with van der Waals surface area (Å²) < 4.78 is 38.9. The summed E-state index contributed by atoms with van der Waals surface area (Å²) in [4.78, 5) is 8.01. The van der Waals surface area contributed by atoms with Gasteiger partial charge in [0.05, 0.1) is 5.56 Å². The molecule has 2 aliphatic rings. The first-order chi connectivity index (χ1) is 8.95. The number of halogens is 3. The molecule has 0 saturated carbocycles. The van der Waals surface area contributed by atoms with Crippen molar-refractivity contribution < 1.29 is 13.2 Å². The van der Waals surface area contributed by atoms with Crippen molar-refractivity contribution in [2.24, 2.45) is 11.8 Å². The van der Waals surface area contributed by atoms with Gasteiger partial charge < -0.3 is 9.80 Å². The smallest absolute Gasteiger partial charge is 0.355 e. The number of pyridine rings is 1. The van der Waals surface area contributed by atoms with E-state index in [1.54, 1.807) is 4.90 Å². The maximum absolute atomic E-state index is 13.0. The van der Waals surface area contributed by atoms with Gasteiger partial charge >= 0.3 is 6.18 Å². The number of aromatic nitrogens is 1. The van der Waals surface area contributed by atoms with E-state index in [-0.39, 0.29) is 5.82 Å². The molecule has 0 aliphatic carbocycles. The van der Waals surface area contributed by atoms with Gasteiger partial charge in [0.15, 0.2) is 0 Å². The summed E-state index contributed by atoms with van der Waals surface area (Å²) in [6, 6.07) is 2.46. The molecule has 3 heterocycles. The molecule has 0 radical (unpaired) electrons. The van der Waals surface area contributed by atoms with Gasteiger partial charge in [0, 0.05) is 32.4 Å². The van der Waals surface area contributed by atoms with Gasteiger partial charge in [-0.05, 0) is 31.0 Å². The predicted octanol–water partition coefficient (Wildman–Crippen LogP) is 2.10. The Balaban J connectivity index is 1.85. The van der Waals surface area contributed by atoms with Crippen LogP contribution in [0, 0.1) is 11.8 Å². The van der Waals surface area contributed by atoms with E-state index in [0.29, 0.717) is 24.9 Å². The second-order valence-electron chi connectivity index (χ2n) is 5.52. The molecule has 1 aromatic heterocycles. The van der Waals surface area contributed by atoms with Crippen LogP contribution < -0.4 is 4.90 Å². The number of hydrogen-bond acceptors (Lipinski definition) is 3. The first-order valence-electron chi connectivity index (χ1n) is 6.41. The third kappa shape index (κ3) is 2.29.